The van der Waals surface area contributed by atoms with Crippen LogP contribution in [0, 0.1) is 11.7 Å². The third-order valence-electron chi connectivity index (χ3n) is 5.23. The molecule has 0 bridgehead atoms. The maximum Gasteiger partial charge on any atom is 0.335 e. The molecule has 164 valence electrons. The smallest absolute Gasteiger partial charge is 0.335 e. The second-order valence-corrected chi connectivity index (χ2v) is 7.46. The summed E-state index contributed by atoms with van der Waals surface area (Å²) in [7, 11) is 1.39. The number of anilines is 3. The molecule has 0 atom stereocenters. The quantitative estimate of drug-likeness (QED) is 0.451. The van der Waals surface area contributed by atoms with Crippen LogP contribution in [0.5, 0.6) is 11.6 Å². The molecule has 1 aliphatic carbocycles. The Morgan fingerprint density at radius 1 is 1.23 bits per heavy atom. The van der Waals surface area contributed by atoms with E-state index in [-0.39, 0.29) is 29.5 Å². The van der Waals surface area contributed by atoms with Crippen LogP contribution in [0.3, 0.4) is 0 Å². The van der Waals surface area contributed by atoms with Crippen molar-refractivity contribution in [2.45, 2.75) is 32.1 Å². The molecule has 3 aromatic rings. The first kappa shape index (κ1) is 20.6. The van der Waals surface area contributed by atoms with E-state index in [4.69, 9.17) is 4.74 Å². The molecule has 31 heavy (non-hydrogen) atoms. The molecule has 1 aromatic carbocycles. The molecule has 4 rings (SSSR count). The third-order valence-corrected chi connectivity index (χ3v) is 5.23. The molecule has 2 heterocycles. The van der Waals surface area contributed by atoms with Crippen LogP contribution in [-0.2, 0) is 0 Å². The van der Waals surface area contributed by atoms with Gasteiger partial charge in [-0.1, -0.05) is 19.3 Å². The van der Waals surface area contributed by atoms with Crippen molar-refractivity contribution >= 4 is 17.6 Å². The molecular formula is C20H24FN7O3. The van der Waals surface area contributed by atoms with Gasteiger partial charge in [0.05, 0.1) is 13.3 Å². The highest BCUT2D eigenvalue weighted by molar-refractivity contribution is 5.56. The van der Waals surface area contributed by atoms with E-state index in [0.717, 1.165) is 17.4 Å². The van der Waals surface area contributed by atoms with Gasteiger partial charge in [0.15, 0.2) is 11.6 Å². The number of aromatic amines is 1. The summed E-state index contributed by atoms with van der Waals surface area (Å²) in [6.45, 7) is 0.702. The standard InChI is InChI=1S/C20H24FN7O3/c1-31-15-8-7-13(9-14(15)21)23-18-25-17(22-10-12-5-3-2-4-6-12)26-19(27-18)28-11-16(29)24-20(28)30/h7-9,11-12,29H,2-6,10H2,1H3,(H,24,30)(H2,22,23,25,26,27). The number of benzene rings is 1. The number of imidazole rings is 1. The summed E-state index contributed by atoms with van der Waals surface area (Å²) in [5.74, 6) is 0.205. The lowest BCUT2D eigenvalue weighted by Gasteiger charge is -2.21. The first-order valence-corrected chi connectivity index (χ1v) is 10.1. The maximum absolute atomic E-state index is 14.1. The number of aromatic nitrogens is 5. The highest BCUT2D eigenvalue weighted by Crippen LogP contribution is 2.25. The van der Waals surface area contributed by atoms with E-state index in [1.54, 1.807) is 6.07 Å². The molecule has 0 aliphatic heterocycles. The van der Waals surface area contributed by atoms with Crippen molar-refractivity contribution in [2.75, 3.05) is 24.3 Å². The highest BCUT2D eigenvalue weighted by Gasteiger charge is 2.16. The molecule has 1 saturated carbocycles. The summed E-state index contributed by atoms with van der Waals surface area (Å²) in [5.41, 5.74) is -0.193. The number of hydrogen-bond donors (Lipinski definition) is 4. The fourth-order valence-corrected chi connectivity index (χ4v) is 3.64. The van der Waals surface area contributed by atoms with Crippen LogP contribution in [0.1, 0.15) is 32.1 Å². The summed E-state index contributed by atoms with van der Waals surface area (Å²) in [6, 6.07) is 4.36. The molecule has 10 nitrogen and oxygen atoms in total. The lowest BCUT2D eigenvalue weighted by Crippen LogP contribution is -2.21. The molecule has 1 fully saturated rings. The number of rotatable bonds is 7. The Morgan fingerprint density at radius 3 is 2.68 bits per heavy atom. The van der Waals surface area contributed by atoms with Crippen molar-refractivity contribution in [1.29, 1.82) is 0 Å². The SMILES string of the molecule is COc1ccc(Nc2nc(NCC3CCCCC3)nc(-n3cc(O)[nH]c3=O)n2)cc1F. The van der Waals surface area contributed by atoms with E-state index in [2.05, 4.69) is 30.6 Å². The average molecular weight is 429 g/mol. The normalized spacial score (nSPS) is 14.4. The Morgan fingerprint density at radius 2 is 2.00 bits per heavy atom. The fraction of sp³-hybridized carbons (Fsp3) is 0.400. The van der Waals surface area contributed by atoms with Gasteiger partial charge in [0.25, 0.3) is 0 Å². The number of nitrogens with zero attached hydrogens (tertiary/aromatic N) is 4. The maximum atomic E-state index is 14.1. The van der Waals surface area contributed by atoms with Crippen molar-refractivity contribution in [3.63, 3.8) is 0 Å². The minimum Gasteiger partial charge on any atom is -0.494 e. The first-order valence-electron chi connectivity index (χ1n) is 10.1. The van der Waals surface area contributed by atoms with Gasteiger partial charge in [-0.05, 0) is 30.9 Å². The van der Waals surface area contributed by atoms with Crippen LogP contribution >= 0.6 is 0 Å². The van der Waals surface area contributed by atoms with E-state index in [9.17, 15) is 14.3 Å². The van der Waals surface area contributed by atoms with E-state index < -0.39 is 11.5 Å². The Balaban J connectivity index is 1.62. The Labute approximate surface area is 177 Å². The Kier molecular flexibility index (Phi) is 6.01. The van der Waals surface area contributed by atoms with Gasteiger partial charge in [-0.25, -0.2) is 13.8 Å². The van der Waals surface area contributed by atoms with Crippen molar-refractivity contribution in [2.24, 2.45) is 5.92 Å². The number of methoxy groups -OCH3 is 1. The molecule has 0 amide bonds. The summed E-state index contributed by atoms with van der Waals surface area (Å²) in [4.78, 5) is 27.3. The molecule has 1 aliphatic rings. The van der Waals surface area contributed by atoms with E-state index >= 15 is 0 Å². The van der Waals surface area contributed by atoms with Crippen LogP contribution in [0.2, 0.25) is 0 Å². The summed E-state index contributed by atoms with van der Waals surface area (Å²) < 4.78 is 20.1. The van der Waals surface area contributed by atoms with E-state index in [0.29, 0.717) is 18.2 Å². The number of aromatic hydroxyl groups is 1. The number of ether oxygens (including phenoxy) is 1. The lowest BCUT2D eigenvalue weighted by molar-refractivity contribution is 0.373. The van der Waals surface area contributed by atoms with Gasteiger partial charge in [-0.2, -0.15) is 15.0 Å². The van der Waals surface area contributed by atoms with Gasteiger partial charge in [0.1, 0.15) is 0 Å². The van der Waals surface area contributed by atoms with Crippen LogP contribution in [0.4, 0.5) is 22.0 Å². The Hall–Kier alpha value is -3.63. The van der Waals surface area contributed by atoms with E-state index in [1.165, 1.54) is 44.7 Å². The minimum absolute atomic E-state index is 0.0131. The summed E-state index contributed by atoms with van der Waals surface area (Å²) >= 11 is 0. The first-order chi connectivity index (χ1) is 15.0. The van der Waals surface area contributed by atoms with Gasteiger partial charge in [-0.15, -0.1) is 0 Å². The van der Waals surface area contributed by atoms with Crippen LogP contribution < -0.4 is 21.1 Å². The number of nitrogens with one attached hydrogen (secondary N) is 3. The third kappa shape index (κ3) is 4.93. The summed E-state index contributed by atoms with van der Waals surface area (Å²) in [6.07, 6.45) is 7.15. The monoisotopic (exact) mass is 429 g/mol. The van der Waals surface area contributed by atoms with Crippen molar-refractivity contribution in [3.05, 3.63) is 40.7 Å². The lowest BCUT2D eigenvalue weighted by atomic mass is 9.89. The minimum atomic E-state index is -0.594. The zero-order valence-corrected chi connectivity index (χ0v) is 17.1. The molecule has 0 unspecified atom stereocenters. The van der Waals surface area contributed by atoms with E-state index in [1.807, 2.05) is 0 Å². The predicted molar refractivity (Wildman–Crippen MR) is 113 cm³/mol. The molecule has 0 saturated heterocycles. The van der Waals surface area contributed by atoms with Gasteiger partial charge >= 0.3 is 5.69 Å². The van der Waals surface area contributed by atoms with Gasteiger partial charge in [0, 0.05) is 18.3 Å². The number of H-pyrrole nitrogens is 1. The molecule has 0 radical (unpaired) electrons. The number of halogens is 1. The topological polar surface area (TPSA) is 130 Å². The molecule has 2 aromatic heterocycles. The zero-order chi connectivity index (χ0) is 21.8. The van der Waals surface area contributed by atoms with Gasteiger partial charge in [0.2, 0.25) is 23.7 Å². The Bertz CT molecular complexity index is 1110. The highest BCUT2D eigenvalue weighted by atomic mass is 19.1. The summed E-state index contributed by atoms with van der Waals surface area (Å²) in [5, 5.41) is 15.7. The van der Waals surface area contributed by atoms with Crippen molar-refractivity contribution in [3.8, 4) is 17.6 Å². The fourth-order valence-electron chi connectivity index (χ4n) is 3.64. The largest absolute Gasteiger partial charge is 0.494 e. The molecule has 0 spiro atoms. The van der Waals surface area contributed by atoms with Crippen LogP contribution in [0.25, 0.3) is 5.95 Å². The number of hydrogen-bond acceptors (Lipinski definition) is 8. The average Bonchev–Trinajstić information content (AvgIpc) is 3.11. The van der Waals surface area contributed by atoms with Crippen LogP contribution in [-0.4, -0.2) is 43.3 Å². The second kappa shape index (κ2) is 9.02. The second-order valence-electron chi connectivity index (χ2n) is 7.46. The predicted octanol–water partition coefficient (Wildman–Crippen LogP) is 2.94. The van der Waals surface area contributed by atoms with Crippen LogP contribution in [0.15, 0.2) is 29.2 Å². The molecular weight excluding hydrogens is 405 g/mol. The molecule has 4 N–H and O–H groups in total. The van der Waals surface area contributed by atoms with Crippen molar-refractivity contribution in [1.82, 2.24) is 24.5 Å². The zero-order valence-electron chi connectivity index (χ0n) is 17.1. The molecule has 11 heteroatoms. The van der Waals surface area contributed by atoms with Gasteiger partial charge in [-0.3, -0.25) is 4.98 Å². The van der Waals surface area contributed by atoms with Crippen molar-refractivity contribution < 1.29 is 14.2 Å². The van der Waals surface area contributed by atoms with Gasteiger partial charge < -0.3 is 20.5 Å².